The molecule has 0 fully saturated rings. The average Bonchev–Trinajstić information content (AvgIpc) is 2.81. The third kappa shape index (κ3) is 2.22. The Bertz CT molecular complexity index is 760. The molecule has 1 aromatic carbocycles. The van der Waals surface area contributed by atoms with Crippen molar-refractivity contribution in [3.8, 4) is 10.4 Å². The minimum atomic E-state index is -4.35. The molecule has 3 rings (SSSR count). The lowest BCUT2D eigenvalue weighted by molar-refractivity contribution is -0.136. The van der Waals surface area contributed by atoms with Crippen LogP contribution in [0.25, 0.3) is 20.5 Å². The maximum Gasteiger partial charge on any atom is 0.417 e. The van der Waals surface area contributed by atoms with Gasteiger partial charge in [0.1, 0.15) is 5.82 Å². The minimum absolute atomic E-state index is 0.219. The zero-order valence-corrected chi connectivity index (χ0v) is 10.9. The van der Waals surface area contributed by atoms with Gasteiger partial charge >= 0.3 is 6.18 Å². The number of nitrogen functional groups attached to an aromatic ring is 1. The molecule has 0 radical (unpaired) electrons. The van der Waals surface area contributed by atoms with Gasteiger partial charge in [0, 0.05) is 26.7 Å². The van der Waals surface area contributed by atoms with E-state index >= 15 is 0 Å². The lowest BCUT2D eigenvalue weighted by Gasteiger charge is -2.06. The number of rotatable bonds is 1. The van der Waals surface area contributed by atoms with Crippen molar-refractivity contribution in [3.05, 3.63) is 48.2 Å². The molecule has 0 atom stereocenters. The van der Waals surface area contributed by atoms with Crippen LogP contribution in [0.15, 0.2) is 42.6 Å². The zero-order chi connectivity index (χ0) is 14.3. The molecule has 0 saturated carbocycles. The third-order valence-electron chi connectivity index (χ3n) is 2.94. The maximum absolute atomic E-state index is 13.0. The van der Waals surface area contributed by atoms with Gasteiger partial charge in [0.15, 0.2) is 0 Å². The summed E-state index contributed by atoms with van der Waals surface area (Å²) < 4.78 is 39.5. The summed E-state index contributed by atoms with van der Waals surface area (Å²) in [7, 11) is 0. The summed E-state index contributed by atoms with van der Waals surface area (Å²) in [6.07, 6.45) is -2.79. The molecule has 3 aromatic rings. The predicted molar refractivity (Wildman–Crippen MR) is 74.5 cm³/mol. The highest BCUT2D eigenvalue weighted by Crippen LogP contribution is 2.40. The van der Waals surface area contributed by atoms with Gasteiger partial charge in [-0.25, -0.2) is 4.98 Å². The summed E-state index contributed by atoms with van der Waals surface area (Å²) in [6, 6.07) is 9.14. The SMILES string of the molecule is Nc1ccc(-c2cc3c(C(F)(F)F)cccc3s2)cn1. The Hall–Kier alpha value is -2.08. The quantitative estimate of drug-likeness (QED) is 0.714. The van der Waals surface area contributed by atoms with Crippen LogP contribution in [0.2, 0.25) is 0 Å². The monoisotopic (exact) mass is 294 g/mol. The third-order valence-corrected chi connectivity index (χ3v) is 4.09. The molecule has 0 spiro atoms. The van der Waals surface area contributed by atoms with Crippen LogP contribution in [0.5, 0.6) is 0 Å². The number of hydrogen-bond acceptors (Lipinski definition) is 3. The fraction of sp³-hybridized carbons (Fsp3) is 0.0714. The number of alkyl halides is 3. The Kier molecular flexibility index (Phi) is 2.90. The fourth-order valence-electron chi connectivity index (χ4n) is 2.00. The van der Waals surface area contributed by atoms with E-state index < -0.39 is 11.7 Å². The first-order valence-electron chi connectivity index (χ1n) is 5.77. The smallest absolute Gasteiger partial charge is 0.384 e. The summed E-state index contributed by atoms with van der Waals surface area (Å²) >= 11 is 1.31. The van der Waals surface area contributed by atoms with Crippen molar-refractivity contribution in [3.63, 3.8) is 0 Å². The van der Waals surface area contributed by atoms with Crippen LogP contribution in [-0.2, 0) is 6.18 Å². The first-order valence-corrected chi connectivity index (χ1v) is 6.58. The van der Waals surface area contributed by atoms with Gasteiger partial charge < -0.3 is 5.73 Å². The van der Waals surface area contributed by atoms with Gasteiger partial charge in [-0.15, -0.1) is 11.3 Å². The van der Waals surface area contributed by atoms with E-state index in [4.69, 9.17) is 5.73 Å². The minimum Gasteiger partial charge on any atom is -0.384 e. The Morgan fingerprint density at radius 3 is 2.55 bits per heavy atom. The molecule has 2 heterocycles. The molecular weight excluding hydrogens is 285 g/mol. The predicted octanol–water partition coefficient (Wildman–Crippen LogP) is 4.56. The number of nitrogens with two attached hydrogens (primary N) is 1. The number of thiophene rings is 1. The lowest BCUT2D eigenvalue weighted by atomic mass is 10.1. The number of anilines is 1. The number of aromatic nitrogens is 1. The molecule has 0 unspecified atom stereocenters. The fourth-order valence-corrected chi connectivity index (χ4v) is 3.08. The Balaban J connectivity index is 2.18. The van der Waals surface area contributed by atoms with E-state index in [1.807, 2.05) is 0 Å². The van der Waals surface area contributed by atoms with Crippen molar-refractivity contribution in [1.29, 1.82) is 0 Å². The number of halogens is 3. The second-order valence-electron chi connectivity index (χ2n) is 4.30. The first-order chi connectivity index (χ1) is 9.45. The molecule has 102 valence electrons. The lowest BCUT2D eigenvalue weighted by Crippen LogP contribution is -2.04. The van der Waals surface area contributed by atoms with Crippen LogP contribution < -0.4 is 5.73 Å². The molecule has 2 aromatic heterocycles. The Morgan fingerprint density at radius 2 is 1.90 bits per heavy atom. The van der Waals surface area contributed by atoms with Gasteiger partial charge in [0.25, 0.3) is 0 Å². The maximum atomic E-state index is 13.0. The largest absolute Gasteiger partial charge is 0.417 e. The van der Waals surface area contributed by atoms with Crippen LogP contribution >= 0.6 is 11.3 Å². The molecule has 0 bridgehead atoms. The van der Waals surface area contributed by atoms with E-state index in [1.165, 1.54) is 17.4 Å². The van der Waals surface area contributed by atoms with E-state index in [0.717, 1.165) is 16.5 Å². The highest BCUT2D eigenvalue weighted by molar-refractivity contribution is 7.22. The van der Waals surface area contributed by atoms with E-state index in [0.29, 0.717) is 10.5 Å². The van der Waals surface area contributed by atoms with Crippen molar-refractivity contribution in [2.24, 2.45) is 0 Å². The first kappa shape index (κ1) is 12.9. The molecular formula is C14H9F3N2S. The van der Waals surface area contributed by atoms with Crippen molar-refractivity contribution in [2.75, 3.05) is 5.73 Å². The van der Waals surface area contributed by atoms with Crippen molar-refractivity contribution in [2.45, 2.75) is 6.18 Å². The number of fused-ring (bicyclic) bond motifs is 1. The standard InChI is InChI=1S/C14H9F3N2S/c15-14(16,17)10-2-1-3-11-9(10)6-12(20-11)8-4-5-13(18)19-7-8/h1-7H,(H2,18,19). The van der Waals surface area contributed by atoms with Crippen molar-refractivity contribution < 1.29 is 13.2 Å². The number of hydrogen-bond donors (Lipinski definition) is 1. The molecule has 0 aliphatic heterocycles. The normalized spacial score (nSPS) is 11.9. The molecule has 0 aliphatic carbocycles. The van der Waals surface area contributed by atoms with Gasteiger partial charge in [0.05, 0.1) is 5.56 Å². The Morgan fingerprint density at radius 1 is 1.10 bits per heavy atom. The van der Waals surface area contributed by atoms with Crippen LogP contribution in [0.4, 0.5) is 19.0 Å². The second kappa shape index (κ2) is 4.49. The van der Waals surface area contributed by atoms with Gasteiger partial charge in [-0.1, -0.05) is 6.07 Å². The van der Waals surface area contributed by atoms with Crippen molar-refractivity contribution >= 4 is 27.2 Å². The molecule has 0 aliphatic rings. The summed E-state index contributed by atoms with van der Waals surface area (Å²) in [4.78, 5) is 4.70. The van der Waals surface area contributed by atoms with Gasteiger partial charge in [-0.05, 0) is 30.3 Å². The van der Waals surface area contributed by atoms with Crippen molar-refractivity contribution in [1.82, 2.24) is 4.98 Å². The molecule has 6 heteroatoms. The average molecular weight is 294 g/mol. The number of pyridine rings is 1. The topological polar surface area (TPSA) is 38.9 Å². The van der Waals surface area contributed by atoms with E-state index in [2.05, 4.69) is 4.98 Å². The van der Waals surface area contributed by atoms with Gasteiger partial charge in [-0.2, -0.15) is 13.2 Å². The molecule has 0 amide bonds. The van der Waals surface area contributed by atoms with Crippen LogP contribution in [0, 0.1) is 0 Å². The van der Waals surface area contributed by atoms with Crippen LogP contribution in [0.1, 0.15) is 5.56 Å². The van der Waals surface area contributed by atoms with Gasteiger partial charge in [-0.3, -0.25) is 0 Å². The molecule has 20 heavy (non-hydrogen) atoms. The summed E-state index contributed by atoms with van der Waals surface area (Å²) in [5.74, 6) is 0.380. The van der Waals surface area contributed by atoms with Gasteiger partial charge in [0.2, 0.25) is 0 Å². The van der Waals surface area contributed by atoms with E-state index in [9.17, 15) is 13.2 Å². The van der Waals surface area contributed by atoms with E-state index in [1.54, 1.807) is 30.5 Å². The number of benzene rings is 1. The molecule has 2 N–H and O–H groups in total. The molecule has 2 nitrogen and oxygen atoms in total. The second-order valence-corrected chi connectivity index (χ2v) is 5.38. The van der Waals surface area contributed by atoms with Crippen LogP contribution in [0.3, 0.4) is 0 Å². The Labute approximate surface area is 116 Å². The summed E-state index contributed by atoms with van der Waals surface area (Å²) in [5, 5.41) is 0.219. The summed E-state index contributed by atoms with van der Waals surface area (Å²) in [5.41, 5.74) is 5.65. The van der Waals surface area contributed by atoms with E-state index in [-0.39, 0.29) is 5.39 Å². The number of nitrogens with zero attached hydrogens (tertiary/aromatic N) is 1. The highest BCUT2D eigenvalue weighted by Gasteiger charge is 2.32. The summed E-state index contributed by atoms with van der Waals surface area (Å²) in [6.45, 7) is 0. The highest BCUT2D eigenvalue weighted by atomic mass is 32.1. The molecule has 0 saturated heterocycles. The van der Waals surface area contributed by atoms with Crippen LogP contribution in [-0.4, -0.2) is 4.98 Å². The zero-order valence-electron chi connectivity index (χ0n) is 10.1.